The summed E-state index contributed by atoms with van der Waals surface area (Å²) in [6.07, 6.45) is 0. The Balaban J connectivity index is 1.12. The Kier molecular flexibility index (Phi) is 5.38. The Hall–Kier alpha value is -5.98. The zero-order valence-corrected chi connectivity index (χ0v) is 25.2. The lowest BCUT2D eigenvalue weighted by molar-refractivity contribution is 1.62. The monoisotopic (exact) mass is 580 g/mol. The molecule has 0 saturated heterocycles. The summed E-state index contributed by atoms with van der Waals surface area (Å²) in [5.41, 5.74) is 7.54. The van der Waals surface area contributed by atoms with Crippen LogP contribution in [-0.2, 0) is 0 Å². The summed E-state index contributed by atoms with van der Waals surface area (Å²) in [6.45, 7) is 0. The summed E-state index contributed by atoms with van der Waals surface area (Å²) in [5.74, 6) is 0. The summed E-state index contributed by atoms with van der Waals surface area (Å²) in [4.78, 5) is 0. The second kappa shape index (κ2) is 9.76. The van der Waals surface area contributed by atoms with Crippen LogP contribution in [0.2, 0.25) is 0 Å². The lowest BCUT2D eigenvalue weighted by Gasteiger charge is -2.15. The fourth-order valence-electron chi connectivity index (χ4n) is 7.73. The summed E-state index contributed by atoms with van der Waals surface area (Å²) >= 11 is 0. The standard InChI is InChI=1S/C46H28/c1-2-7-29(8-3-1)43-27-33-9-4-5-10-34(33)28-44(43)38-20-23-40-36(26-38)16-15-35-25-37(19-22-39(35)40)41-21-17-32-14-13-30-11-6-12-31-18-24-42(41)46(32)45(30)31/h1-28H. The molecule has 0 heterocycles. The van der Waals surface area contributed by atoms with Gasteiger partial charge < -0.3 is 0 Å². The van der Waals surface area contributed by atoms with E-state index >= 15 is 0 Å². The van der Waals surface area contributed by atoms with E-state index in [9.17, 15) is 0 Å². The first-order valence-electron chi connectivity index (χ1n) is 16.0. The van der Waals surface area contributed by atoms with Gasteiger partial charge in [0.25, 0.3) is 0 Å². The molecule has 46 heavy (non-hydrogen) atoms. The van der Waals surface area contributed by atoms with Crippen LogP contribution in [0.15, 0.2) is 170 Å². The van der Waals surface area contributed by atoms with E-state index < -0.39 is 0 Å². The highest BCUT2D eigenvalue weighted by atomic mass is 14.2. The van der Waals surface area contributed by atoms with E-state index in [0.717, 1.165) is 0 Å². The largest absolute Gasteiger partial charge is 0.0622 e. The quantitative estimate of drug-likeness (QED) is 0.182. The zero-order valence-electron chi connectivity index (χ0n) is 25.2. The van der Waals surface area contributed by atoms with Crippen LogP contribution in [0.4, 0.5) is 0 Å². The number of hydrogen-bond donors (Lipinski definition) is 0. The van der Waals surface area contributed by atoms with Crippen LogP contribution in [0.1, 0.15) is 0 Å². The van der Waals surface area contributed by atoms with Crippen molar-refractivity contribution >= 4 is 64.6 Å². The Bertz CT molecular complexity index is 2770. The van der Waals surface area contributed by atoms with Crippen LogP contribution in [0, 0.1) is 0 Å². The minimum Gasteiger partial charge on any atom is -0.0622 e. The molecule has 0 nitrogen and oxygen atoms in total. The van der Waals surface area contributed by atoms with Gasteiger partial charge in [-0.1, -0.05) is 146 Å². The van der Waals surface area contributed by atoms with Crippen molar-refractivity contribution in [2.75, 3.05) is 0 Å². The topological polar surface area (TPSA) is 0 Å². The predicted molar refractivity (Wildman–Crippen MR) is 199 cm³/mol. The van der Waals surface area contributed by atoms with Crippen molar-refractivity contribution in [3.05, 3.63) is 170 Å². The molecular formula is C46H28. The lowest BCUT2D eigenvalue weighted by atomic mass is 9.88. The van der Waals surface area contributed by atoms with Crippen molar-refractivity contribution in [1.29, 1.82) is 0 Å². The van der Waals surface area contributed by atoms with E-state index in [-0.39, 0.29) is 0 Å². The zero-order chi connectivity index (χ0) is 30.2. The minimum atomic E-state index is 1.24. The number of fused-ring (bicyclic) bond motifs is 4. The first-order chi connectivity index (χ1) is 22.8. The molecule has 10 rings (SSSR count). The third-order valence-corrected chi connectivity index (χ3v) is 9.96. The molecule has 0 aliphatic rings. The molecule has 0 spiro atoms. The molecule has 10 aromatic carbocycles. The molecule has 0 bridgehead atoms. The van der Waals surface area contributed by atoms with Crippen molar-refractivity contribution < 1.29 is 0 Å². The van der Waals surface area contributed by atoms with E-state index in [0.29, 0.717) is 0 Å². The van der Waals surface area contributed by atoms with Crippen LogP contribution >= 0.6 is 0 Å². The van der Waals surface area contributed by atoms with E-state index in [1.54, 1.807) is 0 Å². The summed E-state index contributed by atoms with van der Waals surface area (Å²) in [5, 5.41) is 15.6. The molecule has 0 aliphatic carbocycles. The van der Waals surface area contributed by atoms with Gasteiger partial charge in [-0.25, -0.2) is 0 Å². The lowest BCUT2D eigenvalue weighted by Crippen LogP contribution is -1.88. The van der Waals surface area contributed by atoms with Crippen LogP contribution in [-0.4, -0.2) is 0 Å². The van der Waals surface area contributed by atoms with Crippen molar-refractivity contribution in [2.24, 2.45) is 0 Å². The molecule has 0 aromatic heterocycles. The third-order valence-electron chi connectivity index (χ3n) is 9.96. The van der Waals surface area contributed by atoms with Crippen molar-refractivity contribution in [3.8, 4) is 33.4 Å². The molecule has 0 aliphatic heterocycles. The van der Waals surface area contributed by atoms with Crippen LogP contribution in [0.5, 0.6) is 0 Å². The summed E-state index contributed by atoms with van der Waals surface area (Å²) < 4.78 is 0. The first-order valence-corrected chi connectivity index (χ1v) is 16.0. The molecule has 10 aromatic rings. The summed E-state index contributed by atoms with van der Waals surface area (Å²) in [7, 11) is 0. The fourth-order valence-corrected chi connectivity index (χ4v) is 7.73. The molecule has 0 heteroatoms. The highest BCUT2D eigenvalue weighted by Gasteiger charge is 2.14. The highest BCUT2D eigenvalue weighted by Crippen LogP contribution is 2.41. The van der Waals surface area contributed by atoms with Gasteiger partial charge in [-0.3, -0.25) is 0 Å². The van der Waals surface area contributed by atoms with Gasteiger partial charge >= 0.3 is 0 Å². The molecule has 0 amide bonds. The van der Waals surface area contributed by atoms with Crippen molar-refractivity contribution in [3.63, 3.8) is 0 Å². The smallest absolute Gasteiger partial charge is 0.00206 e. The average Bonchev–Trinajstić information content (AvgIpc) is 3.13. The summed E-state index contributed by atoms with van der Waals surface area (Å²) in [6, 6.07) is 62.9. The van der Waals surface area contributed by atoms with E-state index in [1.807, 2.05) is 0 Å². The SMILES string of the molecule is c1ccc(-c2cc3ccccc3cc2-c2ccc3c(ccc4cc(-c5ccc6ccc7cccc8ccc5c6c78)ccc43)c2)cc1. The number of hydrogen-bond acceptors (Lipinski definition) is 0. The molecule has 0 fully saturated rings. The van der Waals surface area contributed by atoms with E-state index in [2.05, 4.69) is 170 Å². The van der Waals surface area contributed by atoms with Gasteiger partial charge in [-0.2, -0.15) is 0 Å². The normalized spacial score (nSPS) is 11.9. The Morgan fingerprint density at radius 1 is 0.217 bits per heavy atom. The highest BCUT2D eigenvalue weighted by molar-refractivity contribution is 6.25. The molecule has 0 unspecified atom stereocenters. The second-order valence-corrected chi connectivity index (χ2v) is 12.5. The number of benzene rings is 10. The Labute approximate surface area is 267 Å². The van der Waals surface area contributed by atoms with Gasteiger partial charge in [0, 0.05) is 0 Å². The molecule has 0 radical (unpaired) electrons. The predicted octanol–water partition coefficient (Wildman–Crippen LogP) is 13.0. The van der Waals surface area contributed by atoms with Crippen LogP contribution < -0.4 is 0 Å². The van der Waals surface area contributed by atoms with E-state index in [4.69, 9.17) is 0 Å². The Morgan fingerprint density at radius 2 is 0.696 bits per heavy atom. The average molecular weight is 581 g/mol. The van der Waals surface area contributed by atoms with Crippen molar-refractivity contribution in [1.82, 2.24) is 0 Å². The molecule has 0 saturated carbocycles. The second-order valence-electron chi connectivity index (χ2n) is 12.5. The van der Waals surface area contributed by atoms with Gasteiger partial charge in [0.05, 0.1) is 0 Å². The van der Waals surface area contributed by atoms with Gasteiger partial charge in [-0.05, 0) is 122 Å². The van der Waals surface area contributed by atoms with E-state index in [1.165, 1.54) is 98.0 Å². The van der Waals surface area contributed by atoms with Gasteiger partial charge in [0.15, 0.2) is 0 Å². The third kappa shape index (κ3) is 3.81. The van der Waals surface area contributed by atoms with Gasteiger partial charge in [0.2, 0.25) is 0 Å². The fraction of sp³-hybridized carbons (Fsp3) is 0. The molecular weight excluding hydrogens is 553 g/mol. The molecule has 212 valence electrons. The van der Waals surface area contributed by atoms with Crippen LogP contribution in [0.25, 0.3) is 98.0 Å². The van der Waals surface area contributed by atoms with Gasteiger partial charge in [0.1, 0.15) is 0 Å². The maximum absolute atomic E-state index is 2.37. The van der Waals surface area contributed by atoms with Gasteiger partial charge in [-0.15, -0.1) is 0 Å². The molecule has 0 N–H and O–H groups in total. The maximum atomic E-state index is 2.37. The minimum absolute atomic E-state index is 1.24. The first kappa shape index (κ1) is 25.4. The van der Waals surface area contributed by atoms with Crippen LogP contribution in [0.3, 0.4) is 0 Å². The Morgan fingerprint density at radius 3 is 1.37 bits per heavy atom. The molecule has 0 atom stereocenters. The maximum Gasteiger partial charge on any atom is -0.00206 e. The van der Waals surface area contributed by atoms with Crippen molar-refractivity contribution in [2.45, 2.75) is 0 Å². The number of rotatable bonds is 3.